The standard InChI is InChI=1S/C22H20N2O5S/c1-30(26,27)29-22(25)19-8-3-2-6-17(19)18-7-4-5-9-20(18)28-14-15-10-12-16(13-11-15)21(23)24/h2-13H,14H2,1H3,(H3,23,24). The van der Waals surface area contributed by atoms with Gasteiger partial charge in [-0.1, -0.05) is 60.7 Å². The highest BCUT2D eigenvalue weighted by Gasteiger charge is 2.19. The van der Waals surface area contributed by atoms with Crippen molar-refractivity contribution in [2.24, 2.45) is 5.73 Å². The predicted octanol–water partition coefficient (Wildman–Crippen LogP) is 3.33. The summed E-state index contributed by atoms with van der Waals surface area (Å²) in [5, 5.41) is 7.45. The summed E-state index contributed by atoms with van der Waals surface area (Å²) < 4.78 is 33.2. The molecule has 0 spiro atoms. The van der Waals surface area contributed by atoms with Gasteiger partial charge in [-0.3, -0.25) is 5.41 Å². The first-order chi connectivity index (χ1) is 14.2. The summed E-state index contributed by atoms with van der Waals surface area (Å²) in [6.45, 7) is 0.255. The summed E-state index contributed by atoms with van der Waals surface area (Å²) in [6, 6.07) is 20.8. The average Bonchev–Trinajstić information content (AvgIpc) is 2.71. The van der Waals surface area contributed by atoms with Crippen molar-refractivity contribution in [3.63, 3.8) is 0 Å². The first-order valence-corrected chi connectivity index (χ1v) is 10.7. The zero-order chi connectivity index (χ0) is 21.7. The van der Waals surface area contributed by atoms with E-state index in [4.69, 9.17) is 15.9 Å². The molecule has 3 aromatic rings. The second-order valence-corrected chi connectivity index (χ2v) is 8.09. The van der Waals surface area contributed by atoms with E-state index in [0.717, 1.165) is 11.8 Å². The molecule has 0 aliphatic carbocycles. The van der Waals surface area contributed by atoms with E-state index in [1.165, 1.54) is 6.07 Å². The normalized spacial score (nSPS) is 11.0. The van der Waals surface area contributed by atoms with Crippen LogP contribution in [0.2, 0.25) is 0 Å². The summed E-state index contributed by atoms with van der Waals surface area (Å²) in [6.07, 6.45) is 0.821. The van der Waals surface area contributed by atoms with E-state index in [1.807, 2.05) is 12.1 Å². The molecule has 0 heterocycles. The lowest BCUT2D eigenvalue weighted by Crippen LogP contribution is -2.12. The first kappa shape index (κ1) is 21.1. The number of hydrogen-bond donors (Lipinski definition) is 2. The minimum atomic E-state index is -3.94. The molecule has 0 atom stereocenters. The number of para-hydroxylation sites is 1. The maximum Gasteiger partial charge on any atom is 0.354 e. The number of ether oxygens (including phenoxy) is 1. The van der Waals surface area contributed by atoms with Crippen molar-refractivity contribution in [3.05, 3.63) is 89.5 Å². The lowest BCUT2D eigenvalue weighted by atomic mass is 9.99. The highest BCUT2D eigenvalue weighted by molar-refractivity contribution is 7.86. The molecular weight excluding hydrogens is 404 g/mol. The third-order valence-electron chi connectivity index (χ3n) is 4.21. The van der Waals surface area contributed by atoms with E-state index in [2.05, 4.69) is 4.18 Å². The van der Waals surface area contributed by atoms with Crippen molar-refractivity contribution in [1.82, 2.24) is 0 Å². The third kappa shape index (κ3) is 5.24. The average molecular weight is 424 g/mol. The number of benzene rings is 3. The number of nitrogens with two attached hydrogens (primary N) is 1. The Kier molecular flexibility index (Phi) is 6.17. The molecule has 30 heavy (non-hydrogen) atoms. The van der Waals surface area contributed by atoms with Crippen molar-refractivity contribution < 1.29 is 22.1 Å². The van der Waals surface area contributed by atoms with Gasteiger partial charge in [-0.15, -0.1) is 0 Å². The van der Waals surface area contributed by atoms with E-state index in [9.17, 15) is 13.2 Å². The second-order valence-electron chi connectivity index (χ2n) is 6.52. The van der Waals surface area contributed by atoms with Gasteiger partial charge in [0.25, 0.3) is 0 Å². The Morgan fingerprint density at radius 3 is 2.17 bits per heavy atom. The van der Waals surface area contributed by atoms with Crippen LogP contribution in [0.4, 0.5) is 0 Å². The molecular formula is C22H20N2O5S. The van der Waals surface area contributed by atoms with E-state index >= 15 is 0 Å². The second kappa shape index (κ2) is 8.79. The predicted molar refractivity (Wildman–Crippen MR) is 114 cm³/mol. The molecule has 8 heteroatoms. The minimum absolute atomic E-state index is 0.00889. The van der Waals surface area contributed by atoms with Crippen molar-refractivity contribution in [1.29, 1.82) is 5.41 Å². The number of nitrogens with one attached hydrogen (secondary N) is 1. The van der Waals surface area contributed by atoms with Gasteiger partial charge in [-0.2, -0.15) is 8.42 Å². The Hall–Kier alpha value is -3.65. The molecule has 0 saturated heterocycles. The van der Waals surface area contributed by atoms with Crippen LogP contribution in [0.15, 0.2) is 72.8 Å². The summed E-state index contributed by atoms with van der Waals surface area (Å²) in [7, 11) is -3.94. The molecule has 0 bridgehead atoms. The van der Waals surface area contributed by atoms with Crippen LogP contribution in [0.25, 0.3) is 11.1 Å². The van der Waals surface area contributed by atoms with Crippen LogP contribution in [0.1, 0.15) is 21.5 Å². The maximum absolute atomic E-state index is 12.4. The lowest BCUT2D eigenvalue weighted by Gasteiger charge is -2.14. The van der Waals surface area contributed by atoms with Gasteiger partial charge in [-0.25, -0.2) is 4.79 Å². The van der Waals surface area contributed by atoms with Crippen LogP contribution in [0.3, 0.4) is 0 Å². The van der Waals surface area contributed by atoms with Crippen molar-refractivity contribution in [2.45, 2.75) is 6.61 Å². The fourth-order valence-electron chi connectivity index (χ4n) is 2.83. The van der Waals surface area contributed by atoms with E-state index < -0.39 is 16.1 Å². The molecule has 3 aromatic carbocycles. The van der Waals surface area contributed by atoms with Gasteiger partial charge in [0, 0.05) is 11.1 Å². The zero-order valence-corrected chi connectivity index (χ0v) is 17.0. The number of nitrogen functional groups attached to an aromatic ring is 1. The van der Waals surface area contributed by atoms with Gasteiger partial charge in [0.2, 0.25) is 0 Å². The molecule has 3 rings (SSSR count). The Morgan fingerprint density at radius 2 is 1.53 bits per heavy atom. The van der Waals surface area contributed by atoms with E-state index in [1.54, 1.807) is 54.6 Å². The van der Waals surface area contributed by atoms with Gasteiger partial charge in [0.15, 0.2) is 0 Å². The van der Waals surface area contributed by atoms with Crippen LogP contribution < -0.4 is 10.5 Å². The molecule has 0 fully saturated rings. The molecule has 3 N–H and O–H groups in total. The van der Waals surface area contributed by atoms with E-state index in [0.29, 0.717) is 22.4 Å². The van der Waals surface area contributed by atoms with Crippen molar-refractivity contribution in [2.75, 3.05) is 6.26 Å². The van der Waals surface area contributed by atoms with Crippen LogP contribution in [-0.2, 0) is 20.9 Å². The van der Waals surface area contributed by atoms with Crippen LogP contribution in [0, 0.1) is 5.41 Å². The van der Waals surface area contributed by atoms with E-state index in [-0.39, 0.29) is 18.0 Å². The Bertz CT molecular complexity index is 1190. The molecule has 0 aromatic heterocycles. The van der Waals surface area contributed by atoms with Gasteiger partial charge in [0.05, 0.1) is 11.8 Å². The van der Waals surface area contributed by atoms with Crippen LogP contribution >= 0.6 is 0 Å². The number of hydrogen-bond acceptors (Lipinski definition) is 6. The first-order valence-electron chi connectivity index (χ1n) is 8.93. The quantitative estimate of drug-likeness (QED) is 0.341. The van der Waals surface area contributed by atoms with Gasteiger partial charge < -0.3 is 14.7 Å². The van der Waals surface area contributed by atoms with Gasteiger partial charge in [0.1, 0.15) is 18.2 Å². The fraction of sp³-hybridized carbons (Fsp3) is 0.0909. The molecule has 0 radical (unpaired) electrons. The zero-order valence-electron chi connectivity index (χ0n) is 16.2. The molecule has 0 aliphatic rings. The number of carbonyl (C=O) groups excluding carboxylic acids is 1. The third-order valence-corrected chi connectivity index (χ3v) is 4.66. The summed E-state index contributed by atoms with van der Waals surface area (Å²) in [4.78, 5) is 12.4. The molecule has 0 amide bonds. The molecule has 0 unspecified atom stereocenters. The highest BCUT2D eigenvalue weighted by atomic mass is 32.2. The monoisotopic (exact) mass is 424 g/mol. The topological polar surface area (TPSA) is 120 Å². The maximum atomic E-state index is 12.4. The van der Waals surface area contributed by atoms with Crippen LogP contribution in [0.5, 0.6) is 5.75 Å². The number of rotatable bonds is 7. The molecule has 0 aliphatic heterocycles. The molecule has 0 saturated carbocycles. The summed E-state index contributed by atoms with van der Waals surface area (Å²) in [5.74, 6) is -0.444. The summed E-state index contributed by atoms with van der Waals surface area (Å²) >= 11 is 0. The minimum Gasteiger partial charge on any atom is -0.488 e. The number of carbonyl (C=O) groups is 1. The largest absolute Gasteiger partial charge is 0.488 e. The van der Waals surface area contributed by atoms with Gasteiger partial charge >= 0.3 is 16.1 Å². The lowest BCUT2D eigenvalue weighted by molar-refractivity contribution is 0.0749. The highest BCUT2D eigenvalue weighted by Crippen LogP contribution is 2.33. The SMILES string of the molecule is CS(=O)(=O)OC(=O)c1ccccc1-c1ccccc1OCc1ccc(C(=N)N)cc1. The van der Waals surface area contributed by atoms with Crippen LogP contribution in [-0.4, -0.2) is 26.5 Å². The Balaban J connectivity index is 1.89. The van der Waals surface area contributed by atoms with Crippen molar-refractivity contribution >= 4 is 21.9 Å². The summed E-state index contributed by atoms with van der Waals surface area (Å²) in [5.41, 5.74) is 8.20. The van der Waals surface area contributed by atoms with Gasteiger partial charge in [-0.05, 0) is 23.3 Å². The Morgan fingerprint density at radius 1 is 0.933 bits per heavy atom. The fourth-order valence-corrected chi connectivity index (χ4v) is 3.20. The smallest absolute Gasteiger partial charge is 0.354 e. The molecule has 7 nitrogen and oxygen atoms in total. The van der Waals surface area contributed by atoms with Crippen molar-refractivity contribution in [3.8, 4) is 16.9 Å². The molecule has 154 valence electrons. The Labute approximate surface area is 174 Å². The number of amidine groups is 1.